The number of hydrogen-bond acceptors (Lipinski definition) is 2. The molecule has 138 valence electrons. The third kappa shape index (κ3) is 4.09. The van der Waals surface area contributed by atoms with E-state index in [0.717, 1.165) is 24.2 Å². The number of rotatable bonds is 5. The average molecular weight is 351 g/mol. The Bertz CT molecular complexity index is 797. The molecule has 0 unspecified atom stereocenters. The fourth-order valence-electron chi connectivity index (χ4n) is 3.82. The van der Waals surface area contributed by atoms with E-state index in [9.17, 15) is 4.79 Å². The van der Waals surface area contributed by atoms with Gasteiger partial charge in [0.25, 0.3) is 5.91 Å². The third-order valence-electron chi connectivity index (χ3n) is 5.28. The predicted molar refractivity (Wildman–Crippen MR) is 106 cm³/mol. The molecule has 0 aliphatic heterocycles. The van der Waals surface area contributed by atoms with Gasteiger partial charge in [0.2, 0.25) is 0 Å². The lowest BCUT2D eigenvalue weighted by Crippen LogP contribution is -2.38. The van der Waals surface area contributed by atoms with Gasteiger partial charge < -0.3 is 10.1 Å². The van der Waals surface area contributed by atoms with Crippen LogP contribution in [0.1, 0.15) is 60.5 Å². The first-order chi connectivity index (χ1) is 12.5. The van der Waals surface area contributed by atoms with Crippen LogP contribution in [0, 0.1) is 13.8 Å². The fraction of sp³-hybridized carbons (Fsp3) is 0.435. The van der Waals surface area contributed by atoms with Gasteiger partial charge >= 0.3 is 0 Å². The molecule has 0 fully saturated rings. The van der Waals surface area contributed by atoms with Crippen LogP contribution < -0.4 is 10.1 Å². The Morgan fingerprint density at radius 3 is 2.62 bits per heavy atom. The first-order valence-corrected chi connectivity index (χ1v) is 9.60. The van der Waals surface area contributed by atoms with E-state index in [1.165, 1.54) is 35.1 Å². The molecule has 3 nitrogen and oxygen atoms in total. The van der Waals surface area contributed by atoms with Crippen molar-refractivity contribution in [1.29, 1.82) is 0 Å². The molecule has 0 saturated carbocycles. The van der Waals surface area contributed by atoms with E-state index < -0.39 is 6.10 Å². The number of carbonyl (C=O) groups excluding carboxylic acids is 1. The highest BCUT2D eigenvalue weighted by Crippen LogP contribution is 2.30. The largest absolute Gasteiger partial charge is 0.481 e. The lowest BCUT2D eigenvalue weighted by molar-refractivity contribution is -0.127. The van der Waals surface area contributed by atoms with Crippen molar-refractivity contribution in [2.75, 3.05) is 0 Å². The van der Waals surface area contributed by atoms with E-state index in [4.69, 9.17) is 4.74 Å². The molecule has 26 heavy (non-hydrogen) atoms. The second-order valence-electron chi connectivity index (χ2n) is 7.45. The number of carbonyl (C=O) groups is 1. The lowest BCUT2D eigenvalue weighted by atomic mass is 9.91. The number of nitrogens with one attached hydrogen (secondary N) is 1. The molecule has 2 aromatic carbocycles. The van der Waals surface area contributed by atoms with E-state index in [0.29, 0.717) is 0 Å². The number of amides is 1. The van der Waals surface area contributed by atoms with Crippen LogP contribution in [0.3, 0.4) is 0 Å². The summed E-state index contributed by atoms with van der Waals surface area (Å²) in [5, 5.41) is 3.09. The Balaban J connectivity index is 1.67. The van der Waals surface area contributed by atoms with Crippen molar-refractivity contribution in [3.05, 3.63) is 64.2 Å². The van der Waals surface area contributed by atoms with Crippen LogP contribution in [0.2, 0.25) is 0 Å². The van der Waals surface area contributed by atoms with Gasteiger partial charge in [0.05, 0.1) is 6.04 Å². The molecular formula is C23H29NO2. The molecule has 0 bridgehead atoms. The maximum absolute atomic E-state index is 12.6. The van der Waals surface area contributed by atoms with Gasteiger partial charge in [-0.1, -0.05) is 35.9 Å². The Hall–Kier alpha value is -2.29. The van der Waals surface area contributed by atoms with Crippen molar-refractivity contribution in [2.45, 2.75) is 65.5 Å². The van der Waals surface area contributed by atoms with Gasteiger partial charge in [0, 0.05) is 0 Å². The second kappa shape index (κ2) is 7.94. The van der Waals surface area contributed by atoms with Crippen molar-refractivity contribution in [3.8, 4) is 5.75 Å². The number of ether oxygens (including phenoxy) is 1. The lowest BCUT2D eigenvalue weighted by Gasteiger charge is -2.23. The molecule has 0 radical (unpaired) electrons. The SMILES string of the molecule is Cc1ccc([C@@H](C)NC(=O)[C@H](C)Oc2cccc3c2CCCC3)c(C)c1. The minimum atomic E-state index is -0.517. The fourth-order valence-corrected chi connectivity index (χ4v) is 3.82. The molecule has 1 amide bonds. The van der Waals surface area contributed by atoms with E-state index in [1.807, 2.05) is 26.0 Å². The predicted octanol–water partition coefficient (Wildman–Crippen LogP) is 4.83. The van der Waals surface area contributed by atoms with Gasteiger partial charge in [-0.2, -0.15) is 0 Å². The highest BCUT2D eigenvalue weighted by Gasteiger charge is 2.21. The molecular weight excluding hydrogens is 322 g/mol. The summed E-state index contributed by atoms with van der Waals surface area (Å²) in [6.07, 6.45) is 4.06. The molecule has 0 saturated heterocycles. The Labute approximate surface area is 156 Å². The first-order valence-electron chi connectivity index (χ1n) is 9.60. The van der Waals surface area contributed by atoms with E-state index in [1.54, 1.807) is 0 Å². The molecule has 1 aliphatic rings. The topological polar surface area (TPSA) is 38.3 Å². The normalized spacial score (nSPS) is 15.7. The van der Waals surface area contributed by atoms with Crippen molar-refractivity contribution >= 4 is 5.91 Å². The Morgan fingerprint density at radius 1 is 1.08 bits per heavy atom. The zero-order valence-corrected chi connectivity index (χ0v) is 16.3. The zero-order valence-electron chi connectivity index (χ0n) is 16.3. The molecule has 0 aromatic heterocycles. The Kier molecular flexibility index (Phi) is 5.65. The van der Waals surface area contributed by atoms with Gasteiger partial charge in [-0.3, -0.25) is 4.79 Å². The highest BCUT2D eigenvalue weighted by molar-refractivity contribution is 5.81. The molecule has 2 atom stereocenters. The van der Waals surface area contributed by atoms with Crippen LogP contribution in [-0.2, 0) is 17.6 Å². The van der Waals surface area contributed by atoms with Crippen LogP contribution in [0.25, 0.3) is 0 Å². The van der Waals surface area contributed by atoms with E-state index in [2.05, 4.69) is 43.4 Å². The summed E-state index contributed by atoms with van der Waals surface area (Å²) in [6.45, 7) is 8.01. The third-order valence-corrected chi connectivity index (χ3v) is 5.28. The molecule has 1 aliphatic carbocycles. The van der Waals surface area contributed by atoms with Crippen LogP contribution in [0.15, 0.2) is 36.4 Å². The first kappa shape index (κ1) is 18.5. The number of benzene rings is 2. The Morgan fingerprint density at radius 2 is 1.85 bits per heavy atom. The number of fused-ring (bicyclic) bond motifs is 1. The maximum atomic E-state index is 12.6. The monoisotopic (exact) mass is 351 g/mol. The summed E-state index contributed by atoms with van der Waals surface area (Å²) in [5.74, 6) is 0.787. The summed E-state index contributed by atoms with van der Waals surface area (Å²) in [5.41, 5.74) is 6.22. The van der Waals surface area contributed by atoms with Crippen LogP contribution in [-0.4, -0.2) is 12.0 Å². The van der Waals surface area contributed by atoms with Crippen molar-refractivity contribution < 1.29 is 9.53 Å². The molecule has 0 heterocycles. The van der Waals surface area contributed by atoms with Gasteiger partial charge in [0.15, 0.2) is 6.10 Å². The van der Waals surface area contributed by atoms with E-state index in [-0.39, 0.29) is 11.9 Å². The van der Waals surface area contributed by atoms with Crippen LogP contribution in [0.5, 0.6) is 5.75 Å². The van der Waals surface area contributed by atoms with Crippen LogP contribution >= 0.6 is 0 Å². The number of hydrogen-bond donors (Lipinski definition) is 1. The summed E-state index contributed by atoms with van der Waals surface area (Å²) in [6, 6.07) is 12.5. The minimum Gasteiger partial charge on any atom is -0.481 e. The standard InChI is InChI=1S/C23H29NO2/c1-15-12-13-20(16(2)14-15)17(3)24-23(25)18(4)26-22-11-7-9-19-8-5-6-10-21(19)22/h7,9,11-14,17-18H,5-6,8,10H2,1-4H3,(H,24,25)/t17-,18+/m1/s1. The number of aryl methyl sites for hydroxylation is 3. The molecule has 3 rings (SSSR count). The summed E-state index contributed by atoms with van der Waals surface area (Å²) >= 11 is 0. The molecule has 1 N–H and O–H groups in total. The summed E-state index contributed by atoms with van der Waals surface area (Å²) in [7, 11) is 0. The molecule has 2 aromatic rings. The second-order valence-corrected chi connectivity index (χ2v) is 7.45. The van der Waals surface area contributed by atoms with Gasteiger partial charge in [-0.15, -0.1) is 0 Å². The van der Waals surface area contributed by atoms with Crippen molar-refractivity contribution in [3.63, 3.8) is 0 Å². The van der Waals surface area contributed by atoms with Gasteiger partial charge in [0.1, 0.15) is 5.75 Å². The molecule has 3 heteroatoms. The van der Waals surface area contributed by atoms with E-state index >= 15 is 0 Å². The van der Waals surface area contributed by atoms with Gasteiger partial charge in [-0.25, -0.2) is 0 Å². The highest BCUT2D eigenvalue weighted by atomic mass is 16.5. The van der Waals surface area contributed by atoms with Crippen molar-refractivity contribution in [1.82, 2.24) is 5.32 Å². The average Bonchev–Trinajstić information content (AvgIpc) is 2.61. The van der Waals surface area contributed by atoms with Crippen molar-refractivity contribution in [2.24, 2.45) is 0 Å². The summed E-state index contributed by atoms with van der Waals surface area (Å²) < 4.78 is 6.05. The zero-order chi connectivity index (χ0) is 18.7. The maximum Gasteiger partial charge on any atom is 0.261 e. The summed E-state index contributed by atoms with van der Waals surface area (Å²) in [4.78, 5) is 12.6. The molecule has 0 spiro atoms. The smallest absolute Gasteiger partial charge is 0.261 e. The quantitative estimate of drug-likeness (QED) is 0.838. The minimum absolute atomic E-state index is 0.0427. The van der Waals surface area contributed by atoms with Crippen LogP contribution in [0.4, 0.5) is 0 Å². The van der Waals surface area contributed by atoms with Gasteiger partial charge in [-0.05, 0) is 81.7 Å².